The van der Waals surface area contributed by atoms with E-state index in [1.807, 2.05) is 20.2 Å². The van der Waals surface area contributed by atoms with E-state index in [-0.39, 0.29) is 6.04 Å². The van der Waals surface area contributed by atoms with Crippen LogP contribution in [0.4, 0.5) is 5.82 Å². The van der Waals surface area contributed by atoms with Crippen molar-refractivity contribution < 1.29 is 0 Å². The van der Waals surface area contributed by atoms with Crippen molar-refractivity contribution in [3.8, 4) is 11.1 Å². The molecule has 1 atom stereocenters. The van der Waals surface area contributed by atoms with E-state index in [4.69, 9.17) is 9.97 Å². The zero-order chi connectivity index (χ0) is 21.4. The smallest absolute Gasteiger partial charge is 0.150 e. The van der Waals surface area contributed by atoms with Crippen LogP contribution in [0.25, 0.3) is 21.3 Å². The predicted molar refractivity (Wildman–Crippen MR) is 125 cm³/mol. The fraction of sp³-hybridized carbons (Fsp3) is 0.391. The first-order valence-corrected chi connectivity index (χ1v) is 11.7. The van der Waals surface area contributed by atoms with Crippen LogP contribution in [0.3, 0.4) is 0 Å². The number of aromatic nitrogens is 5. The average molecular weight is 434 g/mol. The summed E-state index contributed by atoms with van der Waals surface area (Å²) < 4.78 is 2.06. The number of thiophene rings is 1. The van der Waals surface area contributed by atoms with Gasteiger partial charge in [0.15, 0.2) is 5.82 Å². The van der Waals surface area contributed by atoms with Gasteiger partial charge in [0, 0.05) is 29.8 Å². The average Bonchev–Trinajstić information content (AvgIpc) is 3.37. The zero-order valence-corrected chi connectivity index (χ0v) is 19.0. The predicted octanol–water partition coefficient (Wildman–Crippen LogP) is 4.00. The summed E-state index contributed by atoms with van der Waals surface area (Å²) in [6, 6.07) is 10.7. The molecule has 3 aromatic heterocycles. The summed E-state index contributed by atoms with van der Waals surface area (Å²) in [5.74, 6) is 3.78. The Labute approximate surface area is 186 Å². The SMILES string of the molecule is CCc1nc2n(n1)CC(Nc1nc(CN(C)C)nc3scc(-c4ccccc4)c13)CC2. The number of fused-ring (bicyclic) bond motifs is 2. The van der Waals surface area contributed by atoms with E-state index in [0.717, 1.165) is 59.3 Å². The molecule has 8 heteroatoms. The molecule has 0 fully saturated rings. The second kappa shape index (κ2) is 8.36. The van der Waals surface area contributed by atoms with Crippen molar-refractivity contribution in [2.45, 2.75) is 45.3 Å². The molecule has 5 rings (SSSR count). The number of benzene rings is 1. The van der Waals surface area contributed by atoms with Crippen LogP contribution >= 0.6 is 11.3 Å². The maximum Gasteiger partial charge on any atom is 0.150 e. The highest BCUT2D eigenvalue weighted by Crippen LogP contribution is 2.37. The van der Waals surface area contributed by atoms with Gasteiger partial charge in [-0.25, -0.2) is 19.6 Å². The van der Waals surface area contributed by atoms with Crippen molar-refractivity contribution in [3.05, 3.63) is 53.2 Å². The number of rotatable bonds is 6. The third-order valence-electron chi connectivity index (χ3n) is 5.58. The van der Waals surface area contributed by atoms with Crippen molar-refractivity contribution in [2.75, 3.05) is 19.4 Å². The van der Waals surface area contributed by atoms with Gasteiger partial charge in [-0.3, -0.25) is 0 Å². The molecule has 160 valence electrons. The Kier molecular flexibility index (Phi) is 5.41. The lowest BCUT2D eigenvalue weighted by atomic mass is 10.0. The van der Waals surface area contributed by atoms with Gasteiger partial charge in [0.05, 0.1) is 18.5 Å². The third kappa shape index (κ3) is 4.05. The number of aryl methyl sites for hydroxylation is 2. The Morgan fingerprint density at radius 2 is 1.97 bits per heavy atom. The molecule has 0 spiro atoms. The lowest BCUT2D eigenvalue weighted by molar-refractivity contribution is 0.391. The van der Waals surface area contributed by atoms with Gasteiger partial charge in [-0.05, 0) is 26.1 Å². The Morgan fingerprint density at radius 1 is 1.13 bits per heavy atom. The lowest BCUT2D eigenvalue weighted by Crippen LogP contribution is -2.32. The summed E-state index contributed by atoms with van der Waals surface area (Å²) in [4.78, 5) is 17.6. The van der Waals surface area contributed by atoms with E-state index < -0.39 is 0 Å². The van der Waals surface area contributed by atoms with E-state index in [1.165, 1.54) is 11.1 Å². The second-order valence-electron chi connectivity index (χ2n) is 8.28. The maximum atomic E-state index is 4.97. The van der Waals surface area contributed by atoms with E-state index >= 15 is 0 Å². The first-order chi connectivity index (χ1) is 15.1. The summed E-state index contributed by atoms with van der Waals surface area (Å²) in [5.41, 5.74) is 2.38. The molecule has 7 nitrogen and oxygen atoms in total. The van der Waals surface area contributed by atoms with Gasteiger partial charge in [-0.2, -0.15) is 5.10 Å². The maximum absolute atomic E-state index is 4.97. The van der Waals surface area contributed by atoms with E-state index in [9.17, 15) is 0 Å². The van der Waals surface area contributed by atoms with Crippen molar-refractivity contribution in [2.24, 2.45) is 0 Å². The molecular formula is C23H27N7S. The minimum atomic E-state index is 0.257. The minimum Gasteiger partial charge on any atom is -0.365 e. The van der Waals surface area contributed by atoms with Gasteiger partial charge in [0.1, 0.15) is 22.3 Å². The molecule has 0 aliphatic carbocycles. The van der Waals surface area contributed by atoms with Gasteiger partial charge in [0.2, 0.25) is 0 Å². The van der Waals surface area contributed by atoms with Crippen LogP contribution in [0.5, 0.6) is 0 Å². The molecule has 4 aromatic rings. The van der Waals surface area contributed by atoms with E-state index in [2.05, 4.69) is 61.6 Å². The normalized spacial score (nSPS) is 16.1. The van der Waals surface area contributed by atoms with Crippen LogP contribution in [0, 0.1) is 0 Å². The van der Waals surface area contributed by atoms with Crippen LogP contribution < -0.4 is 5.32 Å². The molecule has 0 saturated heterocycles. The zero-order valence-electron chi connectivity index (χ0n) is 18.2. The fourth-order valence-electron chi connectivity index (χ4n) is 4.10. The topological polar surface area (TPSA) is 71.8 Å². The Hall–Kier alpha value is -2.84. The molecule has 4 heterocycles. The molecule has 1 aliphatic heterocycles. The van der Waals surface area contributed by atoms with Gasteiger partial charge in [-0.15, -0.1) is 11.3 Å². The molecule has 1 N–H and O–H groups in total. The monoisotopic (exact) mass is 433 g/mol. The molecule has 0 radical (unpaired) electrons. The standard InChI is InChI=1S/C23H27N7S/c1-4-18-25-20-11-10-16(12-30(20)28-18)24-22-21-17(15-8-6-5-7-9-15)14-31-23(21)27-19(26-22)13-29(2)3/h5-9,14,16H,4,10-13H2,1-3H3,(H,24,26,27). The Morgan fingerprint density at radius 3 is 2.74 bits per heavy atom. The van der Waals surface area contributed by atoms with Crippen LogP contribution in [0.1, 0.15) is 30.8 Å². The van der Waals surface area contributed by atoms with Crippen LogP contribution in [-0.2, 0) is 25.9 Å². The highest BCUT2D eigenvalue weighted by molar-refractivity contribution is 7.17. The number of hydrogen-bond donors (Lipinski definition) is 1. The third-order valence-corrected chi connectivity index (χ3v) is 6.45. The molecule has 1 aliphatic rings. The molecular weight excluding hydrogens is 406 g/mol. The Balaban J connectivity index is 1.53. The number of anilines is 1. The van der Waals surface area contributed by atoms with Crippen molar-refractivity contribution in [3.63, 3.8) is 0 Å². The number of hydrogen-bond acceptors (Lipinski definition) is 7. The van der Waals surface area contributed by atoms with Crippen molar-refractivity contribution >= 4 is 27.4 Å². The Bertz CT molecular complexity index is 1200. The lowest BCUT2D eigenvalue weighted by Gasteiger charge is -2.25. The van der Waals surface area contributed by atoms with Crippen molar-refractivity contribution in [1.29, 1.82) is 0 Å². The highest BCUT2D eigenvalue weighted by atomic mass is 32.1. The van der Waals surface area contributed by atoms with Gasteiger partial charge in [-0.1, -0.05) is 37.3 Å². The first kappa shape index (κ1) is 20.1. The summed E-state index contributed by atoms with van der Waals surface area (Å²) >= 11 is 1.68. The molecule has 1 unspecified atom stereocenters. The number of nitrogens with one attached hydrogen (secondary N) is 1. The largest absolute Gasteiger partial charge is 0.365 e. The summed E-state index contributed by atoms with van der Waals surface area (Å²) in [6.07, 6.45) is 2.81. The van der Waals surface area contributed by atoms with E-state index in [0.29, 0.717) is 6.54 Å². The molecule has 1 aromatic carbocycles. The molecule has 0 saturated carbocycles. The molecule has 0 amide bonds. The van der Waals surface area contributed by atoms with Gasteiger partial charge >= 0.3 is 0 Å². The summed E-state index contributed by atoms with van der Waals surface area (Å²) in [5, 5.41) is 11.7. The summed E-state index contributed by atoms with van der Waals surface area (Å²) in [7, 11) is 4.09. The van der Waals surface area contributed by atoms with Crippen molar-refractivity contribution in [1.82, 2.24) is 29.6 Å². The molecule has 31 heavy (non-hydrogen) atoms. The van der Waals surface area contributed by atoms with Gasteiger partial charge in [0.25, 0.3) is 0 Å². The number of nitrogens with zero attached hydrogens (tertiary/aromatic N) is 6. The minimum absolute atomic E-state index is 0.257. The highest BCUT2D eigenvalue weighted by Gasteiger charge is 2.24. The molecule has 0 bridgehead atoms. The second-order valence-corrected chi connectivity index (χ2v) is 9.14. The quantitative estimate of drug-likeness (QED) is 0.496. The van der Waals surface area contributed by atoms with E-state index in [1.54, 1.807) is 11.3 Å². The van der Waals surface area contributed by atoms with Gasteiger partial charge < -0.3 is 10.2 Å². The fourth-order valence-corrected chi connectivity index (χ4v) is 5.06. The van der Waals surface area contributed by atoms with Crippen LogP contribution in [0.15, 0.2) is 35.7 Å². The summed E-state index contributed by atoms with van der Waals surface area (Å²) in [6.45, 7) is 3.62. The first-order valence-electron chi connectivity index (χ1n) is 10.8. The van der Waals surface area contributed by atoms with Crippen LogP contribution in [0.2, 0.25) is 0 Å². The van der Waals surface area contributed by atoms with Crippen LogP contribution in [-0.4, -0.2) is 49.8 Å².